The molecule has 0 amide bonds. The summed E-state index contributed by atoms with van der Waals surface area (Å²) in [4.78, 5) is 12.3. The molecule has 1 aromatic carbocycles. The van der Waals surface area contributed by atoms with Crippen molar-refractivity contribution in [2.75, 3.05) is 18.7 Å². The molecule has 1 aliphatic rings. The van der Waals surface area contributed by atoms with Gasteiger partial charge in [-0.15, -0.1) is 0 Å². The van der Waals surface area contributed by atoms with Gasteiger partial charge in [-0.05, 0) is 53.2 Å². The number of hydrogen-bond acceptors (Lipinski definition) is 4. The molecule has 0 fully saturated rings. The predicted molar refractivity (Wildman–Crippen MR) is 141 cm³/mol. The first-order valence-electron chi connectivity index (χ1n) is 12.4. The standard InChI is InChI=1S/C29H42N2O2/c1-7-8-9-10-11-14-19-33-28(32)18-17-24-20-25(29(3,4)5)22-26(21-24)31(6)30-27-16-13-12-15-23(27)2/h12-13,15-16,20-22H,2,7-11,14,17-19H2,1,3-6H3/b30-27-. The Morgan fingerprint density at radius 3 is 2.42 bits per heavy atom. The number of unbranched alkanes of at least 4 members (excludes halogenated alkanes) is 5. The molecule has 0 unspecified atom stereocenters. The summed E-state index contributed by atoms with van der Waals surface area (Å²) in [5, 5.41) is 6.63. The largest absolute Gasteiger partial charge is 0.466 e. The Labute approximate surface area is 201 Å². The minimum Gasteiger partial charge on any atom is -0.466 e. The number of nitrogens with zero attached hydrogens (tertiary/aromatic N) is 2. The molecule has 33 heavy (non-hydrogen) atoms. The number of allylic oxidation sites excluding steroid dienone is 5. The van der Waals surface area contributed by atoms with E-state index in [2.05, 4.69) is 52.5 Å². The first-order valence-corrected chi connectivity index (χ1v) is 12.4. The number of anilines is 1. The Hall–Kier alpha value is -2.62. The van der Waals surface area contributed by atoms with Crippen LogP contribution in [-0.2, 0) is 21.4 Å². The summed E-state index contributed by atoms with van der Waals surface area (Å²) in [6.45, 7) is 13.4. The minimum absolute atomic E-state index is 0.00585. The molecular weight excluding hydrogens is 408 g/mol. The molecule has 0 aromatic heterocycles. The third kappa shape index (κ3) is 9.41. The number of hydrogen-bond donors (Lipinski definition) is 0. The van der Waals surface area contributed by atoms with Crippen LogP contribution in [0.15, 0.2) is 59.8 Å². The first kappa shape index (κ1) is 26.6. The predicted octanol–water partition coefficient (Wildman–Crippen LogP) is 7.29. The minimum atomic E-state index is -0.115. The van der Waals surface area contributed by atoms with E-state index in [0.717, 1.165) is 35.4 Å². The molecule has 1 aromatic rings. The molecular formula is C29H42N2O2. The van der Waals surface area contributed by atoms with Gasteiger partial charge in [-0.2, -0.15) is 5.10 Å². The van der Waals surface area contributed by atoms with E-state index in [1.165, 1.54) is 31.2 Å². The van der Waals surface area contributed by atoms with Gasteiger partial charge in [-0.25, -0.2) is 0 Å². The van der Waals surface area contributed by atoms with Crippen molar-refractivity contribution in [3.8, 4) is 0 Å². The third-order valence-corrected chi connectivity index (χ3v) is 5.85. The average molecular weight is 451 g/mol. The average Bonchev–Trinajstić information content (AvgIpc) is 2.77. The summed E-state index contributed by atoms with van der Waals surface area (Å²) in [6.07, 6.45) is 16.0. The van der Waals surface area contributed by atoms with Crippen LogP contribution in [0.3, 0.4) is 0 Å². The number of aryl methyl sites for hydroxylation is 1. The lowest BCUT2D eigenvalue weighted by molar-refractivity contribution is -0.143. The van der Waals surface area contributed by atoms with Crippen molar-refractivity contribution in [2.45, 2.75) is 84.5 Å². The van der Waals surface area contributed by atoms with Crippen molar-refractivity contribution in [1.29, 1.82) is 0 Å². The quantitative estimate of drug-likeness (QED) is 0.191. The van der Waals surface area contributed by atoms with Gasteiger partial charge in [0.25, 0.3) is 0 Å². The van der Waals surface area contributed by atoms with Crippen molar-refractivity contribution < 1.29 is 9.53 Å². The number of rotatable bonds is 12. The Kier molecular flexibility index (Phi) is 10.6. The Morgan fingerprint density at radius 1 is 1.03 bits per heavy atom. The van der Waals surface area contributed by atoms with Gasteiger partial charge in [-0.3, -0.25) is 9.80 Å². The van der Waals surface area contributed by atoms with Crippen LogP contribution in [0.2, 0.25) is 0 Å². The van der Waals surface area contributed by atoms with Crippen molar-refractivity contribution >= 4 is 17.4 Å². The van der Waals surface area contributed by atoms with Gasteiger partial charge in [0.2, 0.25) is 0 Å². The highest BCUT2D eigenvalue weighted by Crippen LogP contribution is 2.29. The van der Waals surface area contributed by atoms with E-state index >= 15 is 0 Å². The van der Waals surface area contributed by atoms with Crippen molar-refractivity contribution in [3.63, 3.8) is 0 Å². The molecule has 4 heteroatoms. The van der Waals surface area contributed by atoms with Crippen LogP contribution in [0.25, 0.3) is 0 Å². The molecule has 0 N–H and O–H groups in total. The van der Waals surface area contributed by atoms with E-state index in [-0.39, 0.29) is 11.4 Å². The van der Waals surface area contributed by atoms with Crippen molar-refractivity contribution in [3.05, 3.63) is 65.8 Å². The van der Waals surface area contributed by atoms with Crippen LogP contribution in [0.5, 0.6) is 0 Å². The molecule has 0 heterocycles. The summed E-state index contributed by atoms with van der Waals surface area (Å²) >= 11 is 0. The number of carbonyl (C=O) groups is 1. The maximum Gasteiger partial charge on any atom is 0.306 e. The molecule has 0 bridgehead atoms. The van der Waals surface area contributed by atoms with Gasteiger partial charge in [-0.1, -0.05) is 90.7 Å². The second kappa shape index (κ2) is 13.2. The topological polar surface area (TPSA) is 41.9 Å². The van der Waals surface area contributed by atoms with Gasteiger partial charge >= 0.3 is 5.97 Å². The monoisotopic (exact) mass is 450 g/mol. The van der Waals surface area contributed by atoms with Crippen molar-refractivity contribution in [2.24, 2.45) is 5.10 Å². The van der Waals surface area contributed by atoms with Gasteiger partial charge in [0.05, 0.1) is 18.0 Å². The number of ether oxygens (including phenoxy) is 1. The lowest BCUT2D eigenvalue weighted by atomic mass is 9.85. The third-order valence-electron chi connectivity index (χ3n) is 5.85. The summed E-state index contributed by atoms with van der Waals surface area (Å²) in [7, 11) is 1.95. The van der Waals surface area contributed by atoms with Gasteiger partial charge in [0, 0.05) is 13.5 Å². The van der Waals surface area contributed by atoms with E-state index in [4.69, 9.17) is 9.84 Å². The van der Waals surface area contributed by atoms with Crippen molar-refractivity contribution in [1.82, 2.24) is 0 Å². The van der Waals surface area contributed by atoms with Crippen LogP contribution in [0.1, 0.15) is 83.8 Å². The number of benzene rings is 1. The van der Waals surface area contributed by atoms with Crippen LogP contribution in [0.4, 0.5) is 5.69 Å². The first-order chi connectivity index (χ1) is 15.7. The zero-order chi connectivity index (χ0) is 24.3. The lowest BCUT2D eigenvalue weighted by Crippen LogP contribution is -2.17. The van der Waals surface area contributed by atoms with E-state index in [1.807, 2.05) is 36.4 Å². The molecule has 2 rings (SSSR count). The van der Waals surface area contributed by atoms with Crippen LogP contribution >= 0.6 is 0 Å². The molecule has 1 aliphatic carbocycles. The van der Waals surface area contributed by atoms with Crippen LogP contribution in [0, 0.1) is 0 Å². The summed E-state index contributed by atoms with van der Waals surface area (Å²) in [6, 6.07) is 6.49. The van der Waals surface area contributed by atoms with E-state index in [9.17, 15) is 4.79 Å². The SMILES string of the molecule is C=C1C=CC=C/C1=N/N(C)c1cc(CCC(=O)OCCCCCCCC)cc(C(C)(C)C)c1. The second-order valence-corrected chi connectivity index (χ2v) is 9.88. The van der Waals surface area contributed by atoms with Gasteiger partial charge < -0.3 is 4.74 Å². The molecule has 0 aliphatic heterocycles. The van der Waals surface area contributed by atoms with Crippen LogP contribution < -0.4 is 5.01 Å². The molecule has 0 spiro atoms. The molecule has 4 nitrogen and oxygen atoms in total. The Morgan fingerprint density at radius 2 is 1.73 bits per heavy atom. The summed E-state index contributed by atoms with van der Waals surface area (Å²) in [5.74, 6) is -0.115. The number of esters is 1. The zero-order valence-electron chi connectivity index (χ0n) is 21.3. The highest BCUT2D eigenvalue weighted by Gasteiger charge is 2.17. The molecule has 180 valence electrons. The highest BCUT2D eigenvalue weighted by molar-refractivity contribution is 6.11. The Balaban J connectivity index is 2.00. The number of carbonyl (C=O) groups excluding carboxylic acids is 1. The fourth-order valence-electron chi connectivity index (χ4n) is 3.65. The summed E-state index contributed by atoms with van der Waals surface area (Å²) < 4.78 is 5.46. The zero-order valence-corrected chi connectivity index (χ0v) is 21.3. The lowest BCUT2D eigenvalue weighted by Gasteiger charge is -2.24. The maximum absolute atomic E-state index is 12.3. The maximum atomic E-state index is 12.3. The summed E-state index contributed by atoms with van der Waals surface area (Å²) in [5.41, 5.74) is 5.08. The Bertz CT molecular complexity index is 887. The normalized spacial score (nSPS) is 14.7. The second-order valence-electron chi connectivity index (χ2n) is 9.88. The molecule has 0 radical (unpaired) electrons. The fraction of sp³-hybridized carbons (Fsp3) is 0.517. The smallest absolute Gasteiger partial charge is 0.306 e. The molecule has 0 saturated carbocycles. The highest BCUT2D eigenvalue weighted by atomic mass is 16.5. The fourth-order valence-corrected chi connectivity index (χ4v) is 3.65. The van der Waals surface area contributed by atoms with E-state index in [0.29, 0.717) is 19.4 Å². The van der Waals surface area contributed by atoms with Gasteiger partial charge in [0.1, 0.15) is 0 Å². The van der Waals surface area contributed by atoms with E-state index < -0.39 is 0 Å². The number of hydrazone groups is 1. The molecule has 0 atom stereocenters. The van der Waals surface area contributed by atoms with Crippen LogP contribution in [-0.4, -0.2) is 25.3 Å². The molecule has 0 saturated heterocycles. The van der Waals surface area contributed by atoms with E-state index in [1.54, 1.807) is 0 Å². The van der Waals surface area contributed by atoms with Gasteiger partial charge in [0.15, 0.2) is 0 Å².